The van der Waals surface area contributed by atoms with E-state index in [-0.39, 0.29) is 5.56 Å². The average molecular weight is 277 g/mol. The number of hydrogen-bond donors (Lipinski definition) is 2. The van der Waals surface area contributed by atoms with Crippen LogP contribution in [0.15, 0.2) is 30.3 Å². The second-order valence-electron chi connectivity index (χ2n) is 4.08. The van der Waals surface area contributed by atoms with Crippen molar-refractivity contribution in [1.82, 2.24) is 0 Å². The van der Waals surface area contributed by atoms with Crippen LogP contribution in [0, 0.1) is 6.92 Å². The van der Waals surface area contributed by atoms with Gasteiger partial charge in [-0.25, -0.2) is 4.79 Å². The minimum absolute atomic E-state index is 0.245. The number of aryl methyl sites for hydroxylation is 1. The van der Waals surface area contributed by atoms with Gasteiger partial charge in [0.2, 0.25) is 0 Å². The number of thiophene rings is 1. The molecule has 1 heterocycles. The predicted octanol–water partition coefficient (Wildman–Crippen LogP) is 3.38. The highest BCUT2D eigenvalue weighted by atomic mass is 32.1. The standard InChI is InChI=1S/C14H15NO3S/c1-9-3-5-11(19-9)8-15-13-7-10(18-2)4-6-12(13)14(16)17/h3-7,15H,8H2,1-2H3,(H,16,17). The zero-order valence-corrected chi connectivity index (χ0v) is 11.6. The number of hydrogen-bond acceptors (Lipinski definition) is 4. The van der Waals surface area contributed by atoms with Gasteiger partial charge in [0.1, 0.15) is 5.75 Å². The summed E-state index contributed by atoms with van der Waals surface area (Å²) in [6.07, 6.45) is 0. The molecule has 0 atom stereocenters. The largest absolute Gasteiger partial charge is 0.497 e. The molecule has 0 aliphatic heterocycles. The first kappa shape index (κ1) is 13.4. The number of carbonyl (C=O) groups is 1. The van der Waals surface area contributed by atoms with E-state index in [1.807, 2.05) is 19.1 Å². The van der Waals surface area contributed by atoms with E-state index in [1.54, 1.807) is 36.6 Å². The molecule has 0 fully saturated rings. The first-order valence-electron chi connectivity index (χ1n) is 5.80. The third-order valence-corrected chi connectivity index (χ3v) is 3.71. The number of ether oxygens (including phenoxy) is 1. The van der Waals surface area contributed by atoms with Crippen molar-refractivity contribution in [3.05, 3.63) is 45.6 Å². The molecular formula is C14H15NO3S. The quantitative estimate of drug-likeness (QED) is 0.879. The third-order valence-electron chi connectivity index (χ3n) is 2.71. The summed E-state index contributed by atoms with van der Waals surface area (Å²) < 4.78 is 5.12. The Bertz CT molecular complexity index is 592. The van der Waals surface area contributed by atoms with Gasteiger partial charge in [0.25, 0.3) is 0 Å². The molecule has 100 valence electrons. The van der Waals surface area contributed by atoms with E-state index in [2.05, 4.69) is 5.32 Å². The smallest absolute Gasteiger partial charge is 0.337 e. The fourth-order valence-corrected chi connectivity index (χ4v) is 2.58. The van der Waals surface area contributed by atoms with Crippen LogP contribution in [0.25, 0.3) is 0 Å². The first-order valence-corrected chi connectivity index (χ1v) is 6.62. The lowest BCUT2D eigenvalue weighted by Crippen LogP contribution is -2.06. The average Bonchev–Trinajstić information content (AvgIpc) is 2.81. The van der Waals surface area contributed by atoms with Gasteiger partial charge in [-0.3, -0.25) is 0 Å². The van der Waals surface area contributed by atoms with Gasteiger partial charge < -0.3 is 15.2 Å². The van der Waals surface area contributed by atoms with Gasteiger partial charge in [0.15, 0.2) is 0 Å². The second kappa shape index (κ2) is 5.75. The minimum atomic E-state index is -0.951. The van der Waals surface area contributed by atoms with Crippen molar-refractivity contribution in [3.63, 3.8) is 0 Å². The number of nitrogens with one attached hydrogen (secondary N) is 1. The molecule has 19 heavy (non-hydrogen) atoms. The van der Waals surface area contributed by atoms with Crippen LogP contribution in [0.1, 0.15) is 20.1 Å². The van der Waals surface area contributed by atoms with Gasteiger partial charge in [-0.15, -0.1) is 11.3 Å². The summed E-state index contributed by atoms with van der Waals surface area (Å²) in [6, 6.07) is 8.97. The van der Waals surface area contributed by atoms with E-state index >= 15 is 0 Å². The molecule has 0 unspecified atom stereocenters. The highest BCUT2D eigenvalue weighted by Gasteiger charge is 2.11. The topological polar surface area (TPSA) is 58.6 Å². The molecule has 0 aliphatic rings. The Labute approximate surface area is 115 Å². The lowest BCUT2D eigenvalue weighted by atomic mass is 10.1. The van der Waals surface area contributed by atoms with Gasteiger partial charge in [-0.05, 0) is 31.2 Å². The van der Waals surface area contributed by atoms with Gasteiger partial charge in [0, 0.05) is 22.4 Å². The number of aromatic carboxylic acids is 1. The molecule has 0 saturated heterocycles. The lowest BCUT2D eigenvalue weighted by Gasteiger charge is -2.10. The van der Waals surface area contributed by atoms with E-state index < -0.39 is 5.97 Å². The van der Waals surface area contributed by atoms with Crippen LogP contribution in [0.3, 0.4) is 0 Å². The summed E-state index contributed by atoms with van der Waals surface area (Å²) in [5.74, 6) is -0.317. The normalized spacial score (nSPS) is 10.2. The monoisotopic (exact) mass is 277 g/mol. The molecular weight excluding hydrogens is 262 g/mol. The summed E-state index contributed by atoms with van der Waals surface area (Å²) in [4.78, 5) is 13.6. The van der Waals surface area contributed by atoms with Crippen molar-refractivity contribution >= 4 is 23.0 Å². The Morgan fingerprint density at radius 1 is 1.37 bits per heavy atom. The molecule has 0 radical (unpaired) electrons. The minimum Gasteiger partial charge on any atom is -0.497 e. The highest BCUT2D eigenvalue weighted by molar-refractivity contribution is 7.11. The highest BCUT2D eigenvalue weighted by Crippen LogP contribution is 2.24. The van der Waals surface area contributed by atoms with Crippen molar-refractivity contribution < 1.29 is 14.6 Å². The number of rotatable bonds is 5. The Balaban J connectivity index is 2.19. The van der Waals surface area contributed by atoms with Crippen molar-refractivity contribution in [1.29, 1.82) is 0 Å². The van der Waals surface area contributed by atoms with Crippen LogP contribution in [-0.2, 0) is 6.54 Å². The molecule has 0 saturated carbocycles. The SMILES string of the molecule is COc1ccc(C(=O)O)c(NCc2ccc(C)s2)c1. The van der Waals surface area contributed by atoms with Crippen molar-refractivity contribution in [2.24, 2.45) is 0 Å². The van der Waals surface area contributed by atoms with Gasteiger partial charge in [0.05, 0.1) is 18.4 Å². The molecule has 0 spiro atoms. The molecule has 2 aromatic rings. The molecule has 4 nitrogen and oxygen atoms in total. The van der Waals surface area contributed by atoms with Crippen LogP contribution >= 0.6 is 11.3 Å². The summed E-state index contributed by atoms with van der Waals surface area (Å²) in [5, 5.41) is 12.3. The number of carboxylic acids is 1. The number of carboxylic acid groups (broad SMARTS) is 1. The van der Waals surface area contributed by atoms with E-state index in [9.17, 15) is 4.79 Å². The number of methoxy groups -OCH3 is 1. The van der Waals surface area contributed by atoms with Gasteiger partial charge in [-0.2, -0.15) is 0 Å². The van der Waals surface area contributed by atoms with Crippen LogP contribution in [0.2, 0.25) is 0 Å². The fraction of sp³-hybridized carbons (Fsp3) is 0.214. The van der Waals surface area contributed by atoms with E-state index in [0.717, 1.165) is 4.88 Å². The molecule has 0 bridgehead atoms. The molecule has 0 amide bonds. The summed E-state index contributed by atoms with van der Waals surface area (Å²) in [6.45, 7) is 2.65. The second-order valence-corrected chi connectivity index (χ2v) is 5.46. The Kier molecular flexibility index (Phi) is 4.06. The van der Waals surface area contributed by atoms with Gasteiger partial charge >= 0.3 is 5.97 Å². The molecule has 2 rings (SSSR count). The summed E-state index contributed by atoms with van der Waals surface area (Å²) >= 11 is 1.69. The van der Waals surface area contributed by atoms with Crippen LogP contribution in [0.4, 0.5) is 5.69 Å². The molecule has 1 aromatic heterocycles. The van der Waals surface area contributed by atoms with E-state index in [4.69, 9.17) is 9.84 Å². The molecule has 5 heteroatoms. The maximum absolute atomic E-state index is 11.2. The molecule has 1 aromatic carbocycles. The maximum atomic E-state index is 11.2. The summed E-state index contributed by atoms with van der Waals surface area (Å²) in [5.41, 5.74) is 0.812. The summed E-state index contributed by atoms with van der Waals surface area (Å²) in [7, 11) is 1.56. The Morgan fingerprint density at radius 2 is 2.16 bits per heavy atom. The van der Waals surface area contributed by atoms with Crippen molar-refractivity contribution in [2.45, 2.75) is 13.5 Å². The van der Waals surface area contributed by atoms with Crippen LogP contribution in [-0.4, -0.2) is 18.2 Å². The van der Waals surface area contributed by atoms with Gasteiger partial charge in [-0.1, -0.05) is 0 Å². The van der Waals surface area contributed by atoms with Crippen LogP contribution in [0.5, 0.6) is 5.75 Å². The predicted molar refractivity (Wildman–Crippen MR) is 76.3 cm³/mol. The Morgan fingerprint density at radius 3 is 2.74 bits per heavy atom. The van der Waals surface area contributed by atoms with Crippen LogP contribution < -0.4 is 10.1 Å². The number of benzene rings is 1. The Hall–Kier alpha value is -2.01. The molecule has 2 N–H and O–H groups in total. The zero-order chi connectivity index (χ0) is 13.8. The fourth-order valence-electron chi connectivity index (χ4n) is 1.75. The maximum Gasteiger partial charge on any atom is 0.337 e. The third kappa shape index (κ3) is 3.26. The molecule has 0 aliphatic carbocycles. The lowest BCUT2D eigenvalue weighted by molar-refractivity contribution is 0.0698. The van der Waals surface area contributed by atoms with E-state index in [1.165, 1.54) is 4.88 Å². The number of anilines is 1. The van der Waals surface area contributed by atoms with Crippen molar-refractivity contribution in [2.75, 3.05) is 12.4 Å². The van der Waals surface area contributed by atoms with Crippen molar-refractivity contribution in [3.8, 4) is 5.75 Å². The zero-order valence-electron chi connectivity index (χ0n) is 10.8. The van der Waals surface area contributed by atoms with E-state index in [0.29, 0.717) is 18.0 Å². The first-order chi connectivity index (χ1) is 9.10.